The molecule has 22 heavy (non-hydrogen) atoms. The quantitative estimate of drug-likeness (QED) is 0.749. The van der Waals surface area contributed by atoms with E-state index >= 15 is 0 Å². The van der Waals surface area contributed by atoms with Crippen LogP contribution in [-0.2, 0) is 0 Å². The van der Waals surface area contributed by atoms with Crippen LogP contribution >= 0.6 is 0 Å². The van der Waals surface area contributed by atoms with Gasteiger partial charge in [0.05, 0.1) is 0 Å². The zero-order valence-corrected chi connectivity index (χ0v) is 13.0. The Morgan fingerprint density at radius 3 is 2.59 bits per heavy atom. The van der Waals surface area contributed by atoms with Gasteiger partial charge in [-0.05, 0) is 55.2 Å². The van der Waals surface area contributed by atoms with Gasteiger partial charge in [0.2, 0.25) is 0 Å². The van der Waals surface area contributed by atoms with Crippen LogP contribution in [0.2, 0.25) is 0 Å². The van der Waals surface area contributed by atoms with Gasteiger partial charge in [-0.3, -0.25) is 4.79 Å². The first-order valence-corrected chi connectivity index (χ1v) is 7.83. The number of nitrogens with zero attached hydrogens (tertiary/aromatic N) is 1. The van der Waals surface area contributed by atoms with Crippen LogP contribution in [0.25, 0.3) is 5.57 Å². The molecule has 1 atom stereocenters. The van der Waals surface area contributed by atoms with Crippen molar-refractivity contribution in [2.75, 3.05) is 11.4 Å². The summed E-state index contributed by atoms with van der Waals surface area (Å²) in [5.74, 6) is 0.557. The SMILES string of the molecule is CC1=C(C)c2cccc3c2[C@@H](C1)CN3C(=O)c1ccccc1. The standard InChI is InChI=1S/C20H19NO/c1-13-11-16-12-21(20(22)15-7-4-3-5-8-15)18-10-6-9-17(14(13)2)19(16)18/h3-10,16H,11-12H2,1-2H3/t16-/m0/s1. The normalized spacial score (nSPS) is 19.4. The van der Waals surface area contributed by atoms with Gasteiger partial charge in [-0.1, -0.05) is 35.9 Å². The number of anilines is 1. The lowest BCUT2D eigenvalue weighted by molar-refractivity contribution is 0.0988. The van der Waals surface area contributed by atoms with E-state index in [1.807, 2.05) is 35.2 Å². The minimum atomic E-state index is 0.110. The van der Waals surface area contributed by atoms with Crippen molar-refractivity contribution in [3.8, 4) is 0 Å². The molecule has 2 nitrogen and oxygen atoms in total. The van der Waals surface area contributed by atoms with E-state index in [2.05, 4.69) is 32.0 Å². The van der Waals surface area contributed by atoms with Crippen molar-refractivity contribution < 1.29 is 4.79 Å². The number of amides is 1. The van der Waals surface area contributed by atoms with E-state index in [1.54, 1.807) is 0 Å². The van der Waals surface area contributed by atoms with E-state index in [9.17, 15) is 4.79 Å². The lowest BCUT2D eigenvalue weighted by Gasteiger charge is -2.23. The minimum absolute atomic E-state index is 0.110. The number of benzene rings is 2. The summed E-state index contributed by atoms with van der Waals surface area (Å²) in [5, 5.41) is 0. The van der Waals surface area contributed by atoms with Gasteiger partial charge in [0.15, 0.2) is 0 Å². The lowest BCUT2D eigenvalue weighted by atomic mass is 9.81. The summed E-state index contributed by atoms with van der Waals surface area (Å²) in [6.45, 7) is 5.21. The Labute approximate surface area is 131 Å². The third-order valence-corrected chi connectivity index (χ3v) is 5.05. The van der Waals surface area contributed by atoms with Gasteiger partial charge in [0.25, 0.3) is 5.91 Å². The molecule has 0 aromatic heterocycles. The Bertz CT molecular complexity index is 789. The molecule has 0 unspecified atom stereocenters. The molecule has 0 N–H and O–H groups in total. The van der Waals surface area contributed by atoms with Crippen molar-refractivity contribution in [2.45, 2.75) is 26.2 Å². The Kier molecular flexibility index (Phi) is 2.93. The summed E-state index contributed by atoms with van der Waals surface area (Å²) in [5.41, 5.74) is 7.39. The maximum Gasteiger partial charge on any atom is 0.258 e. The summed E-state index contributed by atoms with van der Waals surface area (Å²) in [7, 11) is 0. The van der Waals surface area contributed by atoms with Gasteiger partial charge in [-0.2, -0.15) is 0 Å². The first kappa shape index (κ1) is 13.3. The molecule has 2 aromatic carbocycles. The van der Waals surface area contributed by atoms with E-state index in [4.69, 9.17) is 0 Å². The van der Waals surface area contributed by atoms with Crippen molar-refractivity contribution in [1.29, 1.82) is 0 Å². The summed E-state index contributed by atoms with van der Waals surface area (Å²) < 4.78 is 0. The molecule has 0 spiro atoms. The van der Waals surface area contributed by atoms with Crippen LogP contribution in [0.1, 0.15) is 47.7 Å². The zero-order chi connectivity index (χ0) is 15.3. The maximum absolute atomic E-state index is 12.9. The predicted octanol–water partition coefficient (Wildman–Crippen LogP) is 4.63. The highest BCUT2D eigenvalue weighted by Crippen LogP contribution is 2.48. The van der Waals surface area contributed by atoms with Gasteiger partial charge in [0, 0.05) is 23.7 Å². The fraction of sp³-hybridized carbons (Fsp3) is 0.250. The number of hydrogen-bond donors (Lipinski definition) is 0. The summed E-state index contributed by atoms with van der Waals surface area (Å²) >= 11 is 0. The fourth-order valence-electron chi connectivity index (χ4n) is 3.80. The van der Waals surface area contributed by atoms with Crippen LogP contribution in [0.5, 0.6) is 0 Å². The Morgan fingerprint density at radius 2 is 1.82 bits per heavy atom. The highest BCUT2D eigenvalue weighted by Gasteiger charge is 2.37. The maximum atomic E-state index is 12.9. The van der Waals surface area contributed by atoms with Gasteiger partial charge in [0.1, 0.15) is 0 Å². The van der Waals surface area contributed by atoms with E-state index in [1.165, 1.54) is 22.3 Å². The van der Waals surface area contributed by atoms with Gasteiger partial charge in [-0.15, -0.1) is 0 Å². The van der Waals surface area contributed by atoms with Gasteiger partial charge >= 0.3 is 0 Å². The van der Waals surface area contributed by atoms with Crippen LogP contribution in [0.3, 0.4) is 0 Å². The third kappa shape index (κ3) is 1.83. The first-order chi connectivity index (χ1) is 10.7. The summed E-state index contributed by atoms with van der Waals surface area (Å²) in [4.78, 5) is 14.8. The van der Waals surface area contributed by atoms with E-state index in [-0.39, 0.29) is 5.91 Å². The molecule has 1 heterocycles. The van der Waals surface area contributed by atoms with E-state index < -0.39 is 0 Å². The molecule has 0 radical (unpaired) electrons. The van der Waals surface area contributed by atoms with Gasteiger partial charge < -0.3 is 4.90 Å². The highest BCUT2D eigenvalue weighted by molar-refractivity contribution is 6.08. The number of carbonyl (C=O) groups is 1. The fourth-order valence-corrected chi connectivity index (χ4v) is 3.80. The molecule has 0 saturated carbocycles. The Morgan fingerprint density at radius 1 is 1.05 bits per heavy atom. The molecule has 0 fully saturated rings. The first-order valence-electron chi connectivity index (χ1n) is 7.83. The monoisotopic (exact) mass is 289 g/mol. The third-order valence-electron chi connectivity index (χ3n) is 5.05. The lowest BCUT2D eigenvalue weighted by Crippen LogP contribution is -2.29. The summed E-state index contributed by atoms with van der Waals surface area (Å²) in [6.07, 6.45) is 1.06. The number of carbonyl (C=O) groups excluding carboxylic acids is 1. The molecule has 0 bridgehead atoms. The number of hydrogen-bond acceptors (Lipinski definition) is 1. The molecule has 110 valence electrons. The Balaban J connectivity index is 1.80. The summed E-state index contributed by atoms with van der Waals surface area (Å²) in [6, 6.07) is 15.9. The molecule has 1 aliphatic carbocycles. The average Bonchev–Trinajstić information content (AvgIpc) is 2.92. The molecular weight excluding hydrogens is 270 g/mol. The second kappa shape index (κ2) is 4.84. The molecule has 0 saturated heterocycles. The molecule has 4 rings (SSSR count). The van der Waals surface area contributed by atoms with E-state index in [0.29, 0.717) is 5.92 Å². The minimum Gasteiger partial charge on any atom is -0.307 e. The molecular formula is C20H19NO. The zero-order valence-electron chi connectivity index (χ0n) is 13.0. The second-order valence-electron chi connectivity index (χ2n) is 6.33. The van der Waals surface area contributed by atoms with Crippen LogP contribution < -0.4 is 4.90 Å². The molecule has 1 amide bonds. The van der Waals surface area contributed by atoms with Crippen LogP contribution in [0, 0.1) is 0 Å². The molecule has 2 aromatic rings. The largest absolute Gasteiger partial charge is 0.307 e. The number of allylic oxidation sites excluding steroid dienone is 2. The molecule has 1 aliphatic heterocycles. The highest BCUT2D eigenvalue weighted by atomic mass is 16.2. The molecule has 2 heteroatoms. The van der Waals surface area contributed by atoms with E-state index in [0.717, 1.165) is 24.2 Å². The predicted molar refractivity (Wildman–Crippen MR) is 90.2 cm³/mol. The van der Waals surface area contributed by atoms with Crippen molar-refractivity contribution >= 4 is 17.2 Å². The van der Waals surface area contributed by atoms with Crippen LogP contribution in [0.15, 0.2) is 54.1 Å². The van der Waals surface area contributed by atoms with Crippen molar-refractivity contribution in [2.24, 2.45) is 0 Å². The smallest absolute Gasteiger partial charge is 0.258 e. The second-order valence-corrected chi connectivity index (χ2v) is 6.33. The van der Waals surface area contributed by atoms with Crippen molar-refractivity contribution in [1.82, 2.24) is 0 Å². The Hall–Kier alpha value is -2.35. The van der Waals surface area contributed by atoms with Crippen molar-refractivity contribution in [3.63, 3.8) is 0 Å². The number of rotatable bonds is 1. The van der Waals surface area contributed by atoms with Crippen molar-refractivity contribution in [3.05, 3.63) is 70.8 Å². The van der Waals surface area contributed by atoms with Crippen LogP contribution in [0.4, 0.5) is 5.69 Å². The topological polar surface area (TPSA) is 20.3 Å². The average molecular weight is 289 g/mol. The van der Waals surface area contributed by atoms with Gasteiger partial charge in [-0.25, -0.2) is 0 Å². The van der Waals surface area contributed by atoms with Crippen LogP contribution in [-0.4, -0.2) is 12.5 Å². The molecule has 2 aliphatic rings.